The third-order valence-corrected chi connectivity index (χ3v) is 20.9. The first-order chi connectivity index (χ1) is 46.5. The molecule has 0 aliphatic carbocycles. The Hall–Kier alpha value is -10.9. The highest BCUT2D eigenvalue weighted by Gasteiger charge is 2.23. The number of hydrogen-bond acceptors (Lipinski definition) is 2. The van der Waals surface area contributed by atoms with Gasteiger partial charge in [0.15, 0.2) is 0 Å². The van der Waals surface area contributed by atoms with E-state index in [2.05, 4.69) is 354 Å². The number of fused-ring (bicyclic) bond motifs is 19. The van der Waals surface area contributed by atoms with Crippen LogP contribution in [0.3, 0.4) is 0 Å². The lowest BCUT2D eigenvalue weighted by Crippen LogP contribution is -2.10. The van der Waals surface area contributed by atoms with E-state index in [1.54, 1.807) is 0 Å². The van der Waals surface area contributed by atoms with Crippen molar-refractivity contribution in [1.82, 2.24) is 18.3 Å². The molecular weight excluding hydrogens is 1190 g/mol. The lowest BCUT2D eigenvalue weighted by molar-refractivity contribution is 0.590. The highest BCUT2D eigenvalue weighted by Crippen LogP contribution is 2.45. The summed E-state index contributed by atoms with van der Waals surface area (Å²) in [6.07, 6.45) is 0. The summed E-state index contributed by atoms with van der Waals surface area (Å²) in [7, 11) is 0. The van der Waals surface area contributed by atoms with Gasteiger partial charge in [0.25, 0.3) is 0 Å². The number of rotatable bonds is 4. The Labute approximate surface area is 562 Å². The van der Waals surface area contributed by atoms with Crippen molar-refractivity contribution in [2.24, 2.45) is 0 Å². The molecule has 466 valence electrons. The van der Waals surface area contributed by atoms with E-state index in [0.717, 1.165) is 11.2 Å². The summed E-state index contributed by atoms with van der Waals surface area (Å²) >= 11 is 1.89. The van der Waals surface area contributed by atoms with E-state index in [0.29, 0.717) is 0 Å². The average Bonchev–Trinajstić information content (AvgIpc) is 1.58. The summed E-state index contributed by atoms with van der Waals surface area (Å²) in [6.45, 7) is 20.3. The maximum Gasteiger partial charge on any atom is 0.145 e. The number of para-hydroxylation sites is 6. The molecule has 19 aromatic rings. The number of benzene rings is 13. The summed E-state index contributed by atoms with van der Waals surface area (Å²) in [5.41, 5.74) is 21.0. The maximum atomic E-state index is 6.37. The minimum absolute atomic E-state index is 0.130. The van der Waals surface area contributed by atoms with Gasteiger partial charge in [0.2, 0.25) is 0 Å². The number of aromatic nitrogens is 4. The summed E-state index contributed by atoms with van der Waals surface area (Å²) in [4.78, 5) is 0. The number of hydrogen-bond donors (Lipinski definition) is 0. The molecular formula is C90H74N4OS. The van der Waals surface area contributed by atoms with Gasteiger partial charge in [0.05, 0.1) is 49.5 Å². The Morgan fingerprint density at radius 3 is 1.06 bits per heavy atom. The topological polar surface area (TPSA) is 32.9 Å². The van der Waals surface area contributed by atoms with Crippen molar-refractivity contribution >= 4 is 141 Å². The molecule has 96 heavy (non-hydrogen) atoms. The van der Waals surface area contributed by atoms with E-state index >= 15 is 0 Å². The van der Waals surface area contributed by atoms with Crippen LogP contribution in [0.15, 0.2) is 290 Å². The van der Waals surface area contributed by atoms with Crippen LogP contribution in [0.4, 0.5) is 0 Å². The Morgan fingerprint density at radius 1 is 0.240 bits per heavy atom. The zero-order chi connectivity index (χ0) is 65.4. The van der Waals surface area contributed by atoms with Crippen LogP contribution in [0.25, 0.3) is 152 Å². The SMILES string of the molecule is CC(C)(C)c1ccc(-n2c3ccccc3c3c4oc5ccccc5c4ccc32)cc1.CC(C)(C)c1ccc(-n2c3ccccc3c3cc4c(cc32)c2ccccc2n4-c2ccccc2)cc1.CC(C)(C)c1ccc(-n2c3ccccc3c3cc4sc5ccccc5c4cc32)cc1. The third kappa shape index (κ3) is 9.71. The van der Waals surface area contributed by atoms with Crippen LogP contribution < -0.4 is 0 Å². The second kappa shape index (κ2) is 22.4. The fourth-order valence-electron chi connectivity index (χ4n) is 14.9. The second-order valence-electron chi connectivity index (χ2n) is 28.9. The predicted molar refractivity (Wildman–Crippen MR) is 413 cm³/mol. The zero-order valence-electron chi connectivity index (χ0n) is 55.7. The normalized spacial score (nSPS) is 12.4. The summed E-state index contributed by atoms with van der Waals surface area (Å²) in [5.74, 6) is 0. The van der Waals surface area contributed by atoms with Gasteiger partial charge in [0.1, 0.15) is 11.2 Å². The van der Waals surface area contributed by atoms with Crippen LogP contribution in [0, 0.1) is 0 Å². The highest BCUT2D eigenvalue weighted by atomic mass is 32.1. The Morgan fingerprint density at radius 2 is 0.594 bits per heavy atom. The van der Waals surface area contributed by atoms with E-state index in [4.69, 9.17) is 4.42 Å². The maximum absolute atomic E-state index is 6.37. The van der Waals surface area contributed by atoms with Crippen molar-refractivity contribution < 1.29 is 4.42 Å². The molecule has 0 amide bonds. The molecule has 0 bridgehead atoms. The quantitative estimate of drug-likeness (QED) is 0.173. The lowest BCUT2D eigenvalue weighted by Gasteiger charge is -2.19. The van der Waals surface area contributed by atoms with E-state index in [9.17, 15) is 0 Å². The van der Waals surface area contributed by atoms with Crippen molar-refractivity contribution in [1.29, 1.82) is 0 Å². The van der Waals surface area contributed by atoms with E-state index in [-0.39, 0.29) is 16.2 Å². The summed E-state index contributed by atoms with van der Waals surface area (Å²) in [5, 5.41) is 15.2. The number of furan rings is 1. The molecule has 13 aromatic carbocycles. The molecule has 6 heterocycles. The highest BCUT2D eigenvalue weighted by molar-refractivity contribution is 7.25. The van der Waals surface area contributed by atoms with Gasteiger partial charge in [-0.2, -0.15) is 0 Å². The molecule has 0 aliphatic heterocycles. The Kier molecular flexibility index (Phi) is 13.7. The third-order valence-electron chi connectivity index (χ3n) is 19.8. The van der Waals surface area contributed by atoms with Gasteiger partial charge in [-0.15, -0.1) is 11.3 Å². The summed E-state index contributed by atoms with van der Waals surface area (Å²) < 4.78 is 18.7. The molecule has 0 saturated carbocycles. The second-order valence-corrected chi connectivity index (χ2v) is 30.0. The minimum atomic E-state index is 0.130. The van der Waals surface area contributed by atoms with Gasteiger partial charge in [-0.3, -0.25) is 0 Å². The standard InChI is InChI=1S/C34H28N2.C28H23NO.C28H23NS/c1-34(2,3)23-17-19-25(20-18-23)36-31-16-10-8-14-27(31)29-21-32-28(22-33(29)36)26-13-7-9-15-30(26)35(32)24-11-5-4-6-12-24;1-28(2,3)18-12-14-19(15-13-18)29-23-10-6-4-9-22(23)26-24(29)17-16-21-20-8-5-7-11-25(20)30-27(21)26;1-28(2,3)18-12-14-19(15-13-18)29-24-10-6-4-8-20(24)22-17-27-23(16-25(22)29)21-9-5-7-11-26(21)30-27/h4-22H,1-3H3;2*4-17H,1-3H3. The van der Waals surface area contributed by atoms with Crippen LogP contribution in [-0.4, -0.2) is 18.3 Å². The van der Waals surface area contributed by atoms with Crippen molar-refractivity contribution in [3.63, 3.8) is 0 Å². The van der Waals surface area contributed by atoms with Crippen molar-refractivity contribution in [2.45, 2.75) is 78.6 Å². The smallest absolute Gasteiger partial charge is 0.145 e. The average molecular weight is 1260 g/mol. The van der Waals surface area contributed by atoms with Crippen molar-refractivity contribution in [3.8, 4) is 22.7 Å². The first-order valence-corrected chi connectivity index (χ1v) is 34.4. The lowest BCUT2D eigenvalue weighted by atomic mass is 9.87. The van der Waals surface area contributed by atoms with Crippen LogP contribution >= 0.6 is 11.3 Å². The minimum Gasteiger partial charge on any atom is -0.455 e. The first-order valence-electron chi connectivity index (χ1n) is 33.6. The van der Waals surface area contributed by atoms with E-state index < -0.39 is 0 Å². The molecule has 0 saturated heterocycles. The molecule has 5 nitrogen and oxygen atoms in total. The van der Waals surface area contributed by atoms with Crippen molar-refractivity contribution in [2.75, 3.05) is 0 Å². The van der Waals surface area contributed by atoms with Crippen LogP contribution in [0.1, 0.15) is 79.0 Å². The van der Waals surface area contributed by atoms with Gasteiger partial charge in [-0.05, 0) is 154 Å². The van der Waals surface area contributed by atoms with Gasteiger partial charge in [0, 0.05) is 91.4 Å². The van der Waals surface area contributed by atoms with Crippen molar-refractivity contribution in [3.05, 3.63) is 302 Å². The Balaban J connectivity index is 0.000000110. The molecule has 0 N–H and O–H groups in total. The van der Waals surface area contributed by atoms with Gasteiger partial charge >= 0.3 is 0 Å². The molecule has 6 heteroatoms. The number of thiophene rings is 1. The van der Waals surface area contributed by atoms with Crippen LogP contribution in [0.5, 0.6) is 0 Å². The molecule has 0 atom stereocenters. The molecule has 0 aliphatic rings. The Bertz CT molecular complexity index is 6220. The van der Waals surface area contributed by atoms with Gasteiger partial charge < -0.3 is 22.7 Å². The first kappa shape index (κ1) is 58.9. The predicted octanol–water partition coefficient (Wildman–Crippen LogP) is 25.6. The largest absolute Gasteiger partial charge is 0.455 e. The van der Waals surface area contributed by atoms with Crippen LogP contribution in [0.2, 0.25) is 0 Å². The number of nitrogens with zero attached hydrogens (tertiary/aromatic N) is 4. The summed E-state index contributed by atoms with van der Waals surface area (Å²) in [6, 6.07) is 104. The fourth-order valence-corrected chi connectivity index (χ4v) is 16.0. The molecule has 19 rings (SSSR count). The van der Waals surface area contributed by atoms with E-state index in [1.807, 2.05) is 23.5 Å². The monoisotopic (exact) mass is 1260 g/mol. The van der Waals surface area contributed by atoms with Crippen LogP contribution in [-0.2, 0) is 16.2 Å². The molecule has 0 unspecified atom stereocenters. The molecule has 0 fully saturated rings. The molecule has 0 radical (unpaired) electrons. The molecule has 0 spiro atoms. The van der Waals surface area contributed by atoms with Gasteiger partial charge in [-0.1, -0.05) is 226 Å². The zero-order valence-corrected chi connectivity index (χ0v) is 56.6. The fraction of sp³-hybridized carbons (Fsp3) is 0.133. The van der Waals surface area contributed by atoms with Gasteiger partial charge in [-0.25, -0.2) is 0 Å². The van der Waals surface area contributed by atoms with E-state index in [1.165, 1.54) is 158 Å². The molecule has 6 aromatic heterocycles.